The number of hydrogen-bond donors (Lipinski definition) is 2. The van der Waals surface area contributed by atoms with E-state index in [2.05, 4.69) is 10.3 Å². The van der Waals surface area contributed by atoms with Crippen molar-refractivity contribution >= 4 is 16.9 Å². The molecule has 0 fully saturated rings. The fraction of sp³-hybridized carbons (Fsp3) is 0.263. The predicted octanol–water partition coefficient (Wildman–Crippen LogP) is 2.09. The van der Waals surface area contributed by atoms with Crippen molar-refractivity contribution in [2.24, 2.45) is 0 Å². The van der Waals surface area contributed by atoms with E-state index >= 15 is 0 Å². The van der Waals surface area contributed by atoms with Crippen LogP contribution in [0.2, 0.25) is 0 Å². The summed E-state index contributed by atoms with van der Waals surface area (Å²) in [5, 5.41) is 2.87. The number of imidazole rings is 1. The maximum absolute atomic E-state index is 12.0. The molecule has 0 spiro atoms. The lowest BCUT2D eigenvalue weighted by atomic mass is 10.1. The normalized spacial score (nSPS) is 10.8. The van der Waals surface area contributed by atoms with Crippen LogP contribution in [0, 0.1) is 0 Å². The number of para-hydroxylation sites is 2. The smallest absolute Gasteiger partial charge is 0.326 e. The first-order valence-corrected chi connectivity index (χ1v) is 8.24. The molecule has 25 heavy (non-hydrogen) atoms. The summed E-state index contributed by atoms with van der Waals surface area (Å²) in [6.45, 7) is 0.861. The molecule has 6 heteroatoms. The molecule has 0 saturated carbocycles. The lowest BCUT2D eigenvalue weighted by Gasteiger charge is -2.07. The van der Waals surface area contributed by atoms with Crippen molar-refractivity contribution in [2.75, 3.05) is 13.7 Å². The molecular formula is C19H21N3O3. The first kappa shape index (κ1) is 16.8. The fourth-order valence-electron chi connectivity index (χ4n) is 2.77. The summed E-state index contributed by atoms with van der Waals surface area (Å²) in [6.07, 6.45) is 1.08. The molecule has 2 aromatic carbocycles. The van der Waals surface area contributed by atoms with Crippen LogP contribution in [0.5, 0.6) is 5.75 Å². The predicted molar refractivity (Wildman–Crippen MR) is 96.9 cm³/mol. The van der Waals surface area contributed by atoms with Gasteiger partial charge >= 0.3 is 5.69 Å². The number of rotatable bonds is 7. The van der Waals surface area contributed by atoms with Crippen LogP contribution in [0.15, 0.2) is 53.3 Å². The van der Waals surface area contributed by atoms with E-state index in [0.717, 1.165) is 22.3 Å². The number of H-pyrrole nitrogens is 1. The van der Waals surface area contributed by atoms with Gasteiger partial charge in [-0.1, -0.05) is 24.3 Å². The van der Waals surface area contributed by atoms with E-state index < -0.39 is 0 Å². The third-order valence-corrected chi connectivity index (χ3v) is 4.14. The van der Waals surface area contributed by atoms with E-state index in [0.29, 0.717) is 25.9 Å². The van der Waals surface area contributed by atoms with Gasteiger partial charge in [-0.25, -0.2) is 4.79 Å². The number of hydrogen-bond acceptors (Lipinski definition) is 3. The van der Waals surface area contributed by atoms with Crippen LogP contribution in [-0.2, 0) is 17.8 Å². The number of nitrogens with zero attached hydrogens (tertiary/aromatic N) is 1. The summed E-state index contributed by atoms with van der Waals surface area (Å²) in [4.78, 5) is 26.8. The van der Waals surface area contributed by atoms with Crippen molar-refractivity contribution in [1.82, 2.24) is 14.9 Å². The molecule has 0 aliphatic heterocycles. The zero-order valence-electron chi connectivity index (χ0n) is 14.1. The second kappa shape index (κ2) is 7.70. The van der Waals surface area contributed by atoms with Gasteiger partial charge < -0.3 is 15.0 Å². The van der Waals surface area contributed by atoms with Crippen molar-refractivity contribution in [3.05, 3.63) is 64.6 Å². The van der Waals surface area contributed by atoms with Gasteiger partial charge in [0, 0.05) is 19.5 Å². The summed E-state index contributed by atoms with van der Waals surface area (Å²) >= 11 is 0. The molecule has 1 heterocycles. The number of carbonyl (C=O) groups is 1. The molecule has 3 rings (SSSR count). The Bertz CT molecular complexity index is 910. The van der Waals surface area contributed by atoms with Gasteiger partial charge in [-0.15, -0.1) is 0 Å². The molecule has 0 bridgehead atoms. The molecule has 3 aromatic rings. The first-order chi connectivity index (χ1) is 12.2. The maximum atomic E-state index is 12.0. The lowest BCUT2D eigenvalue weighted by molar-refractivity contribution is -0.121. The zero-order chi connectivity index (χ0) is 17.6. The number of aromatic nitrogens is 2. The van der Waals surface area contributed by atoms with Crippen molar-refractivity contribution in [2.45, 2.75) is 19.4 Å². The van der Waals surface area contributed by atoms with Gasteiger partial charge in [0.2, 0.25) is 5.91 Å². The van der Waals surface area contributed by atoms with Crippen LogP contribution in [0.3, 0.4) is 0 Å². The van der Waals surface area contributed by atoms with Crippen LogP contribution in [0.25, 0.3) is 11.0 Å². The Labute approximate surface area is 145 Å². The largest absolute Gasteiger partial charge is 0.497 e. The molecule has 2 N–H and O–H groups in total. The molecule has 0 aliphatic rings. The number of carbonyl (C=O) groups excluding carboxylic acids is 1. The van der Waals surface area contributed by atoms with Crippen LogP contribution in [0.4, 0.5) is 0 Å². The second-order valence-corrected chi connectivity index (χ2v) is 5.80. The molecule has 0 atom stereocenters. The minimum atomic E-state index is -0.159. The molecule has 0 unspecified atom stereocenters. The van der Waals surface area contributed by atoms with Crippen molar-refractivity contribution in [1.29, 1.82) is 0 Å². The second-order valence-electron chi connectivity index (χ2n) is 5.80. The maximum Gasteiger partial charge on any atom is 0.326 e. The molecule has 130 valence electrons. The van der Waals surface area contributed by atoms with Gasteiger partial charge in [0.05, 0.1) is 18.1 Å². The van der Waals surface area contributed by atoms with E-state index in [1.54, 1.807) is 11.7 Å². The standard InChI is InChI=1S/C19H21N3O3/c1-25-15-9-6-14(7-10-15)8-11-18(23)20-12-13-22-17-5-3-2-4-16(17)21-19(22)24/h2-7,9-10H,8,11-13H2,1H3,(H,20,23)(H,21,24). The highest BCUT2D eigenvalue weighted by Crippen LogP contribution is 2.12. The summed E-state index contributed by atoms with van der Waals surface area (Å²) in [5.74, 6) is 0.779. The number of ether oxygens (including phenoxy) is 1. The number of fused-ring (bicyclic) bond motifs is 1. The molecule has 0 radical (unpaired) electrons. The first-order valence-electron chi connectivity index (χ1n) is 8.24. The summed E-state index contributed by atoms with van der Waals surface area (Å²) < 4.78 is 6.75. The molecule has 0 aliphatic carbocycles. The number of methoxy groups -OCH3 is 1. The molecule has 1 aromatic heterocycles. The number of benzene rings is 2. The third kappa shape index (κ3) is 4.09. The van der Waals surface area contributed by atoms with Crippen LogP contribution in [-0.4, -0.2) is 29.1 Å². The van der Waals surface area contributed by atoms with E-state index in [4.69, 9.17) is 4.74 Å². The Morgan fingerprint density at radius 2 is 1.92 bits per heavy atom. The third-order valence-electron chi connectivity index (χ3n) is 4.14. The molecule has 1 amide bonds. The fourth-order valence-corrected chi connectivity index (χ4v) is 2.77. The number of aryl methyl sites for hydroxylation is 1. The van der Waals surface area contributed by atoms with Crippen LogP contribution >= 0.6 is 0 Å². The Morgan fingerprint density at radius 3 is 2.68 bits per heavy atom. The average Bonchev–Trinajstić information content (AvgIpc) is 2.96. The molecule has 6 nitrogen and oxygen atoms in total. The topological polar surface area (TPSA) is 76.1 Å². The van der Waals surface area contributed by atoms with Gasteiger partial charge in [0.25, 0.3) is 0 Å². The number of aromatic amines is 1. The van der Waals surface area contributed by atoms with E-state index in [9.17, 15) is 9.59 Å². The summed E-state index contributed by atoms with van der Waals surface area (Å²) in [5.41, 5.74) is 2.58. The number of amides is 1. The summed E-state index contributed by atoms with van der Waals surface area (Å²) in [6, 6.07) is 15.2. The van der Waals surface area contributed by atoms with E-state index in [-0.39, 0.29) is 11.6 Å². The zero-order valence-corrected chi connectivity index (χ0v) is 14.1. The van der Waals surface area contributed by atoms with Gasteiger partial charge in [0.1, 0.15) is 5.75 Å². The Morgan fingerprint density at radius 1 is 1.16 bits per heavy atom. The lowest BCUT2D eigenvalue weighted by Crippen LogP contribution is -2.30. The quantitative estimate of drug-likeness (QED) is 0.692. The SMILES string of the molecule is COc1ccc(CCC(=O)NCCn2c(=O)[nH]c3ccccc32)cc1. The van der Waals surface area contributed by atoms with Crippen molar-refractivity contribution in [3.63, 3.8) is 0 Å². The Hall–Kier alpha value is -3.02. The van der Waals surface area contributed by atoms with Gasteiger partial charge in [-0.2, -0.15) is 0 Å². The monoisotopic (exact) mass is 339 g/mol. The van der Waals surface area contributed by atoms with Gasteiger partial charge in [-0.05, 0) is 36.2 Å². The van der Waals surface area contributed by atoms with Crippen molar-refractivity contribution in [3.8, 4) is 5.75 Å². The highest BCUT2D eigenvalue weighted by atomic mass is 16.5. The van der Waals surface area contributed by atoms with Crippen molar-refractivity contribution < 1.29 is 9.53 Å². The number of nitrogens with one attached hydrogen (secondary N) is 2. The Balaban J connectivity index is 1.49. The highest BCUT2D eigenvalue weighted by molar-refractivity contribution is 5.76. The van der Waals surface area contributed by atoms with E-state index in [1.807, 2.05) is 48.5 Å². The molecule has 0 saturated heterocycles. The average molecular weight is 339 g/mol. The summed E-state index contributed by atoms with van der Waals surface area (Å²) in [7, 11) is 1.63. The molecular weight excluding hydrogens is 318 g/mol. The minimum absolute atomic E-state index is 0.0243. The van der Waals surface area contributed by atoms with Crippen LogP contribution < -0.4 is 15.7 Å². The highest BCUT2D eigenvalue weighted by Gasteiger charge is 2.07. The minimum Gasteiger partial charge on any atom is -0.497 e. The Kier molecular flexibility index (Phi) is 5.18. The van der Waals surface area contributed by atoms with E-state index in [1.165, 1.54) is 0 Å². The van der Waals surface area contributed by atoms with Crippen LogP contribution in [0.1, 0.15) is 12.0 Å². The van der Waals surface area contributed by atoms with Gasteiger partial charge in [-0.3, -0.25) is 9.36 Å². The van der Waals surface area contributed by atoms with Gasteiger partial charge in [0.15, 0.2) is 0 Å².